The Hall–Kier alpha value is -1.82. The van der Waals surface area contributed by atoms with Gasteiger partial charge in [-0.05, 0) is 38.1 Å². The topological polar surface area (TPSA) is 105 Å². The van der Waals surface area contributed by atoms with Crippen LogP contribution >= 0.6 is 0 Å². The maximum atomic E-state index is 12.6. The zero-order valence-corrected chi connectivity index (χ0v) is 18.1. The van der Waals surface area contributed by atoms with Gasteiger partial charge in [0.15, 0.2) is 0 Å². The highest BCUT2D eigenvalue weighted by molar-refractivity contribution is 7.87. The van der Waals surface area contributed by atoms with Crippen molar-refractivity contribution in [3.8, 4) is 0 Å². The van der Waals surface area contributed by atoms with E-state index in [0.717, 1.165) is 11.1 Å². The molecule has 4 rings (SSSR count). The van der Waals surface area contributed by atoms with Crippen LogP contribution in [0.3, 0.4) is 0 Å². The van der Waals surface area contributed by atoms with E-state index in [2.05, 4.69) is 0 Å². The number of aryl methyl sites for hydroxylation is 2. The molecule has 0 spiro atoms. The van der Waals surface area contributed by atoms with Crippen molar-refractivity contribution < 1.29 is 34.7 Å². The Morgan fingerprint density at radius 1 is 0.667 bits per heavy atom. The lowest BCUT2D eigenvalue weighted by Gasteiger charge is -2.17. The van der Waals surface area contributed by atoms with Gasteiger partial charge in [0.25, 0.3) is 20.2 Å². The first kappa shape index (κ1) is 21.4. The Balaban J connectivity index is 1.44. The highest BCUT2D eigenvalue weighted by atomic mass is 32.2. The molecule has 2 fully saturated rings. The Labute approximate surface area is 176 Å². The zero-order valence-electron chi connectivity index (χ0n) is 16.4. The average Bonchev–Trinajstić information content (AvgIpc) is 3.26. The molecule has 0 radical (unpaired) electrons. The molecule has 0 N–H and O–H groups in total. The first-order valence-corrected chi connectivity index (χ1v) is 12.2. The number of rotatable bonds is 6. The van der Waals surface area contributed by atoms with Crippen LogP contribution in [-0.2, 0) is 38.1 Å². The van der Waals surface area contributed by atoms with E-state index in [1.54, 1.807) is 24.3 Å². The van der Waals surface area contributed by atoms with Crippen molar-refractivity contribution in [2.45, 2.75) is 48.1 Å². The lowest BCUT2D eigenvalue weighted by molar-refractivity contribution is 0.0220. The smallest absolute Gasteiger partial charge is 0.297 e. The molecule has 0 bridgehead atoms. The minimum Gasteiger partial charge on any atom is -0.370 e. The van der Waals surface area contributed by atoms with Crippen LogP contribution in [0.25, 0.3) is 0 Å². The Morgan fingerprint density at radius 2 is 1.00 bits per heavy atom. The number of fused-ring (bicyclic) bond motifs is 1. The van der Waals surface area contributed by atoms with Crippen molar-refractivity contribution in [2.24, 2.45) is 0 Å². The number of benzene rings is 2. The van der Waals surface area contributed by atoms with Crippen LogP contribution in [0.5, 0.6) is 0 Å². The van der Waals surface area contributed by atoms with Gasteiger partial charge >= 0.3 is 0 Å². The van der Waals surface area contributed by atoms with Crippen molar-refractivity contribution in [3.05, 3.63) is 59.7 Å². The highest BCUT2D eigenvalue weighted by Gasteiger charge is 2.51. The summed E-state index contributed by atoms with van der Waals surface area (Å²) in [6.45, 7) is 3.60. The minimum absolute atomic E-state index is 0.0318. The molecule has 2 heterocycles. The molecule has 8 nitrogen and oxygen atoms in total. The number of hydrogen-bond donors (Lipinski definition) is 0. The van der Waals surface area contributed by atoms with Gasteiger partial charge in [-0.1, -0.05) is 35.4 Å². The maximum Gasteiger partial charge on any atom is 0.297 e. The second-order valence-electron chi connectivity index (χ2n) is 7.40. The monoisotopic (exact) mass is 454 g/mol. The fraction of sp³-hybridized carbons (Fsp3) is 0.400. The Bertz CT molecular complexity index is 1020. The fourth-order valence-corrected chi connectivity index (χ4v) is 5.58. The molecule has 10 heteroatoms. The van der Waals surface area contributed by atoms with E-state index in [-0.39, 0.29) is 23.0 Å². The zero-order chi connectivity index (χ0) is 21.5. The summed E-state index contributed by atoms with van der Waals surface area (Å²) in [4.78, 5) is 0.0635. The van der Waals surface area contributed by atoms with Crippen molar-refractivity contribution >= 4 is 20.2 Å². The van der Waals surface area contributed by atoms with Crippen LogP contribution in [0.4, 0.5) is 0 Å². The molecule has 2 aromatic carbocycles. The predicted octanol–water partition coefficient (Wildman–Crippen LogP) is 1.95. The van der Waals surface area contributed by atoms with Gasteiger partial charge in [0, 0.05) is 0 Å². The highest BCUT2D eigenvalue weighted by Crippen LogP contribution is 2.33. The third-order valence-corrected chi connectivity index (χ3v) is 7.78. The van der Waals surface area contributed by atoms with E-state index in [0.29, 0.717) is 0 Å². The summed E-state index contributed by atoms with van der Waals surface area (Å²) >= 11 is 0. The third-order valence-electron chi connectivity index (χ3n) is 5.08. The molecule has 2 aliphatic rings. The standard InChI is InChI=1S/C20H22O8S2/c1-13-3-7-15(8-4-13)29(21,22)27-17-11-25-20-18(12-26-19(17)20)28-30(23,24)16-9-5-14(2)6-10-16/h3-10,17-20H,11-12H2,1-2H3/t17?,18?,19-,20?/m1/s1. The number of ether oxygens (including phenoxy) is 2. The van der Waals surface area contributed by atoms with Gasteiger partial charge < -0.3 is 9.47 Å². The molecule has 0 amide bonds. The number of hydrogen-bond acceptors (Lipinski definition) is 8. The lowest BCUT2D eigenvalue weighted by Crippen LogP contribution is -2.36. The lowest BCUT2D eigenvalue weighted by atomic mass is 10.1. The van der Waals surface area contributed by atoms with Crippen LogP contribution in [0.1, 0.15) is 11.1 Å². The van der Waals surface area contributed by atoms with Gasteiger partial charge in [0.05, 0.1) is 23.0 Å². The normalized spacial score (nSPS) is 26.6. The SMILES string of the molecule is Cc1ccc(S(=O)(=O)OC2CO[C@@H]3C(OS(=O)(=O)c4ccc(C)cc4)COC23)cc1. The van der Waals surface area contributed by atoms with Crippen molar-refractivity contribution in [2.75, 3.05) is 13.2 Å². The maximum absolute atomic E-state index is 12.6. The Kier molecular flexibility index (Phi) is 5.73. The van der Waals surface area contributed by atoms with Crippen LogP contribution in [0, 0.1) is 13.8 Å². The van der Waals surface area contributed by atoms with E-state index in [9.17, 15) is 16.8 Å². The summed E-state index contributed by atoms with van der Waals surface area (Å²) in [6.07, 6.45) is -3.28. The van der Waals surface area contributed by atoms with Crippen molar-refractivity contribution in [1.82, 2.24) is 0 Å². The quantitative estimate of drug-likeness (QED) is 0.610. The summed E-state index contributed by atoms with van der Waals surface area (Å²) in [5.41, 5.74) is 1.85. The van der Waals surface area contributed by atoms with E-state index in [4.69, 9.17) is 17.8 Å². The molecule has 2 aliphatic heterocycles. The van der Waals surface area contributed by atoms with Gasteiger partial charge in [0.1, 0.15) is 24.4 Å². The van der Waals surface area contributed by atoms with Crippen LogP contribution < -0.4 is 0 Å². The van der Waals surface area contributed by atoms with Crippen LogP contribution in [0.2, 0.25) is 0 Å². The molecule has 0 aliphatic carbocycles. The van der Waals surface area contributed by atoms with E-state index < -0.39 is 44.7 Å². The van der Waals surface area contributed by atoms with Gasteiger partial charge in [-0.25, -0.2) is 0 Å². The summed E-state index contributed by atoms with van der Waals surface area (Å²) in [5, 5.41) is 0. The van der Waals surface area contributed by atoms with Gasteiger partial charge in [-0.15, -0.1) is 0 Å². The molecule has 0 aromatic heterocycles. The molecule has 0 saturated carbocycles. The van der Waals surface area contributed by atoms with Crippen LogP contribution in [0.15, 0.2) is 58.3 Å². The Morgan fingerprint density at radius 3 is 1.33 bits per heavy atom. The third kappa shape index (κ3) is 4.29. The second-order valence-corrected chi connectivity index (χ2v) is 10.5. The molecule has 30 heavy (non-hydrogen) atoms. The first-order valence-electron chi connectivity index (χ1n) is 9.39. The van der Waals surface area contributed by atoms with Crippen LogP contribution in [-0.4, -0.2) is 54.5 Å². The van der Waals surface area contributed by atoms with E-state index in [1.165, 1.54) is 24.3 Å². The summed E-state index contributed by atoms with van der Waals surface area (Å²) in [5.74, 6) is 0. The molecule has 4 atom stereocenters. The van der Waals surface area contributed by atoms with Gasteiger partial charge in [-0.3, -0.25) is 8.37 Å². The predicted molar refractivity (Wildman–Crippen MR) is 106 cm³/mol. The summed E-state index contributed by atoms with van der Waals surface area (Å²) in [7, 11) is -8.04. The molecule has 162 valence electrons. The molecule has 2 aromatic rings. The molecule has 2 saturated heterocycles. The minimum atomic E-state index is -4.02. The van der Waals surface area contributed by atoms with Gasteiger partial charge in [-0.2, -0.15) is 16.8 Å². The molecular formula is C20H22O8S2. The first-order chi connectivity index (χ1) is 14.2. The van der Waals surface area contributed by atoms with E-state index >= 15 is 0 Å². The molecular weight excluding hydrogens is 432 g/mol. The summed E-state index contributed by atoms with van der Waals surface area (Å²) in [6, 6.07) is 12.6. The average molecular weight is 455 g/mol. The van der Waals surface area contributed by atoms with E-state index in [1.807, 2.05) is 13.8 Å². The largest absolute Gasteiger partial charge is 0.370 e. The molecule has 3 unspecified atom stereocenters. The van der Waals surface area contributed by atoms with Gasteiger partial charge in [0.2, 0.25) is 0 Å². The fourth-order valence-electron chi connectivity index (χ4n) is 3.44. The van der Waals surface area contributed by atoms with Crippen molar-refractivity contribution in [3.63, 3.8) is 0 Å². The van der Waals surface area contributed by atoms with Crippen molar-refractivity contribution in [1.29, 1.82) is 0 Å². The summed E-state index contributed by atoms with van der Waals surface area (Å²) < 4.78 is 72.1. The second kappa shape index (κ2) is 8.03.